The third-order valence-corrected chi connectivity index (χ3v) is 3.07. The average Bonchev–Trinajstić information content (AvgIpc) is 2.40. The molecule has 0 aliphatic carbocycles. The van der Waals surface area contributed by atoms with E-state index < -0.39 is 6.08 Å². The monoisotopic (exact) mass is 298 g/mol. The van der Waals surface area contributed by atoms with Crippen molar-refractivity contribution in [1.82, 2.24) is 10.4 Å². The van der Waals surface area contributed by atoms with Gasteiger partial charge in [-0.2, -0.15) is 8.78 Å². The first-order valence-electron chi connectivity index (χ1n) is 6.10. The quantitative estimate of drug-likeness (QED) is 0.921. The first-order chi connectivity index (χ1) is 9.56. The van der Waals surface area contributed by atoms with Gasteiger partial charge in [0.1, 0.15) is 0 Å². The third kappa shape index (κ3) is 3.81. The van der Waals surface area contributed by atoms with Crippen molar-refractivity contribution in [3.8, 4) is 0 Å². The first-order valence-corrected chi connectivity index (χ1v) is 6.48. The van der Waals surface area contributed by atoms with Gasteiger partial charge in [0.15, 0.2) is 0 Å². The number of nitrogens with zero attached hydrogens (tertiary/aromatic N) is 1. The van der Waals surface area contributed by atoms with Crippen molar-refractivity contribution in [3.63, 3.8) is 0 Å². The molecule has 106 valence electrons. The van der Waals surface area contributed by atoms with Crippen molar-refractivity contribution in [1.29, 1.82) is 0 Å². The SMILES string of the molecule is O=C1CC=C(c2ccc(Cl)cc2)N(CCC=C(F)F)N1. The van der Waals surface area contributed by atoms with Crippen LogP contribution in [0, 0.1) is 0 Å². The van der Waals surface area contributed by atoms with Gasteiger partial charge in [0.25, 0.3) is 6.08 Å². The molecule has 1 aliphatic heterocycles. The summed E-state index contributed by atoms with van der Waals surface area (Å²) >= 11 is 5.83. The highest BCUT2D eigenvalue weighted by Crippen LogP contribution is 2.23. The molecule has 0 unspecified atom stereocenters. The molecule has 0 aromatic heterocycles. The van der Waals surface area contributed by atoms with E-state index in [2.05, 4.69) is 5.43 Å². The Kier molecular flexibility index (Phi) is 4.74. The molecule has 6 heteroatoms. The minimum atomic E-state index is -1.72. The highest BCUT2D eigenvalue weighted by atomic mass is 35.5. The van der Waals surface area contributed by atoms with E-state index >= 15 is 0 Å². The molecule has 0 atom stereocenters. The molecule has 1 aliphatic rings. The van der Waals surface area contributed by atoms with E-state index in [4.69, 9.17) is 11.6 Å². The summed E-state index contributed by atoms with van der Waals surface area (Å²) in [6.45, 7) is 0.275. The topological polar surface area (TPSA) is 32.3 Å². The Balaban J connectivity index is 2.16. The molecule has 3 nitrogen and oxygen atoms in total. The largest absolute Gasteiger partial charge is 0.285 e. The van der Waals surface area contributed by atoms with E-state index in [1.165, 1.54) is 0 Å². The molecule has 0 saturated carbocycles. The number of halogens is 3. The van der Waals surface area contributed by atoms with Crippen LogP contribution in [-0.4, -0.2) is 17.5 Å². The van der Waals surface area contributed by atoms with Crippen molar-refractivity contribution in [2.45, 2.75) is 12.8 Å². The minimum absolute atomic E-state index is 0.146. The lowest BCUT2D eigenvalue weighted by atomic mass is 10.1. The van der Waals surface area contributed by atoms with Crippen LogP contribution in [-0.2, 0) is 4.79 Å². The van der Waals surface area contributed by atoms with Gasteiger partial charge in [-0.15, -0.1) is 0 Å². The van der Waals surface area contributed by atoms with E-state index in [0.29, 0.717) is 5.02 Å². The van der Waals surface area contributed by atoms with E-state index in [1.54, 1.807) is 23.2 Å². The molecular formula is C14H13ClF2N2O. The van der Waals surface area contributed by atoms with Crippen LogP contribution in [0.1, 0.15) is 18.4 Å². The number of benzene rings is 1. The molecular weight excluding hydrogens is 286 g/mol. The average molecular weight is 299 g/mol. The van der Waals surface area contributed by atoms with Crippen molar-refractivity contribution >= 4 is 23.2 Å². The van der Waals surface area contributed by atoms with Gasteiger partial charge < -0.3 is 0 Å². The molecule has 0 spiro atoms. The zero-order valence-corrected chi connectivity index (χ0v) is 11.3. The van der Waals surface area contributed by atoms with Crippen LogP contribution in [0.25, 0.3) is 5.70 Å². The number of amides is 1. The van der Waals surface area contributed by atoms with Gasteiger partial charge in [-0.05, 0) is 36.3 Å². The molecule has 1 amide bonds. The van der Waals surface area contributed by atoms with Gasteiger partial charge in [-0.1, -0.05) is 23.7 Å². The van der Waals surface area contributed by atoms with Crippen LogP contribution in [0.3, 0.4) is 0 Å². The maximum Gasteiger partial charge on any atom is 0.266 e. The van der Waals surface area contributed by atoms with Crippen molar-refractivity contribution in [3.05, 3.63) is 53.1 Å². The maximum absolute atomic E-state index is 12.1. The van der Waals surface area contributed by atoms with Crippen LogP contribution in [0.5, 0.6) is 0 Å². The third-order valence-electron chi connectivity index (χ3n) is 2.82. The fourth-order valence-corrected chi connectivity index (χ4v) is 2.06. The van der Waals surface area contributed by atoms with Crippen LogP contribution in [0.15, 0.2) is 42.5 Å². The van der Waals surface area contributed by atoms with E-state index in [1.807, 2.05) is 12.1 Å². The predicted octanol–water partition coefficient (Wildman–Crippen LogP) is 3.59. The van der Waals surface area contributed by atoms with Crippen molar-refractivity contribution in [2.75, 3.05) is 6.54 Å². The molecule has 0 saturated heterocycles. The van der Waals surface area contributed by atoms with Crippen LogP contribution in [0.4, 0.5) is 8.78 Å². The smallest absolute Gasteiger partial charge is 0.266 e. The van der Waals surface area contributed by atoms with Gasteiger partial charge in [0.05, 0.1) is 5.70 Å². The Bertz CT molecular complexity index is 551. The Morgan fingerprint density at radius 2 is 2.05 bits per heavy atom. The fourth-order valence-electron chi connectivity index (χ4n) is 1.93. The molecule has 0 fully saturated rings. The maximum atomic E-state index is 12.1. The molecule has 1 aromatic rings. The zero-order chi connectivity index (χ0) is 14.5. The van der Waals surface area contributed by atoms with Gasteiger partial charge in [-0.25, -0.2) is 0 Å². The van der Waals surface area contributed by atoms with Crippen molar-refractivity contribution < 1.29 is 13.6 Å². The number of carbonyl (C=O) groups excluding carboxylic acids is 1. The second kappa shape index (κ2) is 6.52. The Morgan fingerprint density at radius 1 is 1.35 bits per heavy atom. The molecule has 20 heavy (non-hydrogen) atoms. The lowest BCUT2D eigenvalue weighted by Crippen LogP contribution is -2.43. The summed E-state index contributed by atoms with van der Waals surface area (Å²) in [5.74, 6) is -0.160. The van der Waals surface area contributed by atoms with Crippen LogP contribution >= 0.6 is 11.6 Å². The van der Waals surface area contributed by atoms with Crippen LogP contribution < -0.4 is 5.43 Å². The van der Waals surface area contributed by atoms with Gasteiger partial charge in [0.2, 0.25) is 5.91 Å². The highest BCUT2D eigenvalue weighted by Gasteiger charge is 2.18. The standard InChI is InChI=1S/C14H13ClF2N2O/c15-11-5-3-10(4-6-11)12-7-8-14(20)18-19(12)9-1-2-13(16)17/h2-7H,1,8-9H2,(H,18,20). The summed E-state index contributed by atoms with van der Waals surface area (Å²) in [5, 5.41) is 2.19. The summed E-state index contributed by atoms with van der Waals surface area (Å²) in [5.41, 5.74) is 4.33. The van der Waals surface area contributed by atoms with Gasteiger partial charge in [0, 0.05) is 18.0 Å². The second-order valence-electron chi connectivity index (χ2n) is 4.27. The van der Waals surface area contributed by atoms with Crippen molar-refractivity contribution in [2.24, 2.45) is 0 Å². The predicted molar refractivity (Wildman–Crippen MR) is 73.8 cm³/mol. The number of nitrogens with one attached hydrogen (secondary N) is 1. The number of hydrazine groups is 1. The molecule has 1 heterocycles. The zero-order valence-electron chi connectivity index (χ0n) is 10.6. The molecule has 1 N–H and O–H groups in total. The number of hydrogen-bond donors (Lipinski definition) is 1. The Morgan fingerprint density at radius 3 is 2.70 bits per heavy atom. The van der Waals surface area contributed by atoms with E-state index in [0.717, 1.165) is 17.3 Å². The Labute approximate surface area is 120 Å². The fraction of sp³-hybridized carbons (Fsp3) is 0.214. The van der Waals surface area contributed by atoms with Crippen LogP contribution in [0.2, 0.25) is 5.02 Å². The number of hydrogen-bond acceptors (Lipinski definition) is 2. The summed E-state index contributed by atoms with van der Waals surface area (Å²) in [4.78, 5) is 11.4. The van der Waals surface area contributed by atoms with Gasteiger partial charge >= 0.3 is 0 Å². The molecule has 0 radical (unpaired) electrons. The molecule has 1 aromatic carbocycles. The van der Waals surface area contributed by atoms with E-state index in [-0.39, 0.29) is 25.3 Å². The number of carbonyl (C=O) groups is 1. The summed E-state index contributed by atoms with van der Waals surface area (Å²) in [6.07, 6.45) is 1.30. The molecule has 2 rings (SSSR count). The van der Waals surface area contributed by atoms with Gasteiger partial charge in [-0.3, -0.25) is 15.2 Å². The lowest BCUT2D eigenvalue weighted by Gasteiger charge is -2.30. The summed E-state index contributed by atoms with van der Waals surface area (Å²) < 4.78 is 24.1. The summed E-state index contributed by atoms with van der Waals surface area (Å²) in [7, 11) is 0. The number of rotatable bonds is 4. The summed E-state index contributed by atoms with van der Waals surface area (Å²) in [6, 6.07) is 7.13. The first kappa shape index (κ1) is 14.5. The Hall–Kier alpha value is -1.88. The highest BCUT2D eigenvalue weighted by molar-refractivity contribution is 6.30. The minimum Gasteiger partial charge on any atom is -0.285 e. The normalized spacial score (nSPS) is 14.7. The lowest BCUT2D eigenvalue weighted by molar-refractivity contribution is -0.124. The van der Waals surface area contributed by atoms with E-state index in [9.17, 15) is 13.6 Å². The second-order valence-corrected chi connectivity index (χ2v) is 4.71. The molecule has 0 bridgehead atoms.